The third-order valence-corrected chi connectivity index (χ3v) is 2.15. The van der Waals surface area contributed by atoms with Crippen LogP contribution in [0.5, 0.6) is 5.75 Å². The summed E-state index contributed by atoms with van der Waals surface area (Å²) < 4.78 is 5.12. The molecule has 4 heteroatoms. The molecule has 1 saturated heterocycles. The van der Waals surface area contributed by atoms with Gasteiger partial charge in [-0.25, -0.2) is 4.79 Å². The molecule has 0 saturated carbocycles. The first kappa shape index (κ1) is 9.98. The number of nitrogens with zero attached hydrogens (tertiary/aromatic N) is 1. The van der Waals surface area contributed by atoms with Crippen LogP contribution in [0.1, 0.15) is 12.8 Å². The van der Waals surface area contributed by atoms with E-state index in [-0.39, 0.29) is 0 Å². The van der Waals surface area contributed by atoms with Crippen molar-refractivity contribution in [3.63, 3.8) is 0 Å². The summed E-state index contributed by atoms with van der Waals surface area (Å²) in [5, 5.41) is 1.27. The van der Waals surface area contributed by atoms with Gasteiger partial charge in [0.2, 0.25) is 0 Å². The average Bonchev–Trinajstić information content (AvgIpc) is 2.31. The van der Waals surface area contributed by atoms with Crippen molar-refractivity contribution in [3.05, 3.63) is 30.3 Å². The number of benzene rings is 1. The third kappa shape index (κ3) is 2.70. The standard InChI is InChI=1S/C11H13NO3/c13-11(12-8-4-5-9-14-12)15-10-6-2-1-3-7-10/h1-3,6-7H,4-5,8-9H2. The molecule has 1 aliphatic rings. The Morgan fingerprint density at radius 1 is 1.27 bits per heavy atom. The minimum absolute atomic E-state index is 0.444. The molecule has 1 aromatic rings. The van der Waals surface area contributed by atoms with Crippen LogP contribution in [0.4, 0.5) is 4.79 Å². The fourth-order valence-electron chi connectivity index (χ4n) is 1.38. The second-order valence-electron chi connectivity index (χ2n) is 3.32. The molecule has 0 radical (unpaired) electrons. The van der Waals surface area contributed by atoms with Crippen LogP contribution in [0.2, 0.25) is 0 Å². The van der Waals surface area contributed by atoms with Gasteiger partial charge in [-0.05, 0) is 25.0 Å². The number of amides is 1. The molecule has 2 rings (SSSR count). The maximum absolute atomic E-state index is 11.5. The molecule has 1 aromatic carbocycles. The molecule has 0 atom stereocenters. The second-order valence-corrected chi connectivity index (χ2v) is 3.32. The highest BCUT2D eigenvalue weighted by atomic mass is 16.7. The van der Waals surface area contributed by atoms with Crippen molar-refractivity contribution in [3.8, 4) is 5.75 Å². The van der Waals surface area contributed by atoms with Crippen molar-refractivity contribution in [1.82, 2.24) is 5.06 Å². The Balaban J connectivity index is 1.91. The molecular weight excluding hydrogens is 194 g/mol. The van der Waals surface area contributed by atoms with Gasteiger partial charge in [0.1, 0.15) is 5.75 Å². The van der Waals surface area contributed by atoms with E-state index in [2.05, 4.69) is 0 Å². The van der Waals surface area contributed by atoms with E-state index in [0.717, 1.165) is 12.8 Å². The summed E-state index contributed by atoms with van der Waals surface area (Å²) in [6.45, 7) is 1.19. The molecule has 0 bridgehead atoms. The van der Waals surface area contributed by atoms with Crippen LogP contribution in [-0.4, -0.2) is 24.3 Å². The van der Waals surface area contributed by atoms with E-state index >= 15 is 0 Å². The van der Waals surface area contributed by atoms with Gasteiger partial charge in [-0.1, -0.05) is 18.2 Å². The molecular formula is C11H13NO3. The van der Waals surface area contributed by atoms with Gasteiger partial charge in [-0.15, -0.1) is 0 Å². The smallest absolute Gasteiger partial charge is 0.409 e. The van der Waals surface area contributed by atoms with Crippen molar-refractivity contribution in [2.75, 3.05) is 13.2 Å². The maximum atomic E-state index is 11.5. The first-order valence-corrected chi connectivity index (χ1v) is 5.03. The van der Waals surface area contributed by atoms with Crippen molar-refractivity contribution in [2.24, 2.45) is 0 Å². The topological polar surface area (TPSA) is 38.8 Å². The monoisotopic (exact) mass is 207 g/mol. The Bertz CT molecular complexity index is 320. The highest BCUT2D eigenvalue weighted by Crippen LogP contribution is 2.12. The summed E-state index contributed by atoms with van der Waals surface area (Å²) in [7, 11) is 0. The van der Waals surface area contributed by atoms with Gasteiger partial charge >= 0.3 is 6.09 Å². The SMILES string of the molecule is O=C(Oc1ccccc1)N1CCCCO1. The molecule has 4 nitrogen and oxygen atoms in total. The number of hydrogen-bond acceptors (Lipinski definition) is 3. The van der Waals surface area contributed by atoms with E-state index in [1.54, 1.807) is 12.1 Å². The third-order valence-electron chi connectivity index (χ3n) is 2.15. The Morgan fingerprint density at radius 3 is 2.73 bits per heavy atom. The minimum Gasteiger partial charge on any atom is -0.409 e. The lowest BCUT2D eigenvalue weighted by Crippen LogP contribution is -2.37. The summed E-state index contributed by atoms with van der Waals surface area (Å²) in [4.78, 5) is 16.7. The second kappa shape index (κ2) is 4.79. The zero-order chi connectivity index (χ0) is 10.5. The van der Waals surface area contributed by atoms with Gasteiger partial charge in [0.05, 0.1) is 13.2 Å². The lowest BCUT2D eigenvalue weighted by Gasteiger charge is -2.24. The van der Waals surface area contributed by atoms with Gasteiger partial charge in [0.15, 0.2) is 0 Å². The van der Waals surface area contributed by atoms with Crippen LogP contribution in [0.15, 0.2) is 30.3 Å². The molecule has 0 unspecified atom stereocenters. The van der Waals surface area contributed by atoms with Gasteiger partial charge in [0.25, 0.3) is 0 Å². The Hall–Kier alpha value is -1.55. The first-order chi connectivity index (χ1) is 7.36. The maximum Gasteiger partial charge on any atom is 0.439 e. The summed E-state index contributed by atoms with van der Waals surface area (Å²) in [5.74, 6) is 0.539. The van der Waals surface area contributed by atoms with Crippen LogP contribution in [0, 0.1) is 0 Å². The number of para-hydroxylation sites is 1. The summed E-state index contributed by atoms with van der Waals surface area (Å²) >= 11 is 0. The number of carbonyl (C=O) groups excluding carboxylic acids is 1. The zero-order valence-corrected chi connectivity index (χ0v) is 8.39. The number of hydrogen-bond donors (Lipinski definition) is 0. The predicted octanol–water partition coefficient (Wildman–Crippen LogP) is 2.21. The van der Waals surface area contributed by atoms with Crippen molar-refractivity contribution >= 4 is 6.09 Å². The molecule has 0 spiro atoms. The van der Waals surface area contributed by atoms with Crippen molar-refractivity contribution in [1.29, 1.82) is 0 Å². The fraction of sp³-hybridized carbons (Fsp3) is 0.364. The number of carbonyl (C=O) groups is 1. The highest BCUT2D eigenvalue weighted by Gasteiger charge is 2.19. The first-order valence-electron chi connectivity index (χ1n) is 5.03. The molecule has 0 N–H and O–H groups in total. The van der Waals surface area contributed by atoms with Crippen LogP contribution in [-0.2, 0) is 4.84 Å². The van der Waals surface area contributed by atoms with Crippen LogP contribution in [0.3, 0.4) is 0 Å². The van der Waals surface area contributed by atoms with E-state index in [1.807, 2.05) is 18.2 Å². The summed E-state index contributed by atoms with van der Waals surface area (Å²) in [5.41, 5.74) is 0. The molecule has 1 fully saturated rings. The van der Waals surface area contributed by atoms with E-state index in [9.17, 15) is 4.79 Å². The van der Waals surface area contributed by atoms with Gasteiger partial charge in [-0.3, -0.25) is 4.84 Å². The molecule has 1 aliphatic heterocycles. The Kier molecular flexibility index (Phi) is 3.19. The fourth-order valence-corrected chi connectivity index (χ4v) is 1.38. The summed E-state index contributed by atoms with van der Waals surface area (Å²) in [6, 6.07) is 8.98. The lowest BCUT2D eigenvalue weighted by atomic mass is 10.3. The zero-order valence-electron chi connectivity index (χ0n) is 8.39. The lowest BCUT2D eigenvalue weighted by molar-refractivity contribution is -0.149. The predicted molar refractivity (Wildman–Crippen MR) is 54.4 cm³/mol. The number of rotatable bonds is 1. The van der Waals surface area contributed by atoms with Crippen LogP contribution >= 0.6 is 0 Å². The number of hydroxylamine groups is 2. The van der Waals surface area contributed by atoms with Gasteiger partial charge in [-0.2, -0.15) is 5.06 Å². The van der Waals surface area contributed by atoms with E-state index in [1.165, 1.54) is 5.06 Å². The molecule has 1 amide bonds. The van der Waals surface area contributed by atoms with Crippen LogP contribution < -0.4 is 4.74 Å². The summed E-state index contributed by atoms with van der Waals surface area (Å²) in [6.07, 6.45) is 1.51. The molecule has 15 heavy (non-hydrogen) atoms. The minimum atomic E-state index is -0.444. The van der Waals surface area contributed by atoms with Crippen LogP contribution in [0.25, 0.3) is 0 Å². The van der Waals surface area contributed by atoms with Crippen molar-refractivity contribution in [2.45, 2.75) is 12.8 Å². The van der Waals surface area contributed by atoms with Gasteiger partial charge < -0.3 is 4.74 Å². The average molecular weight is 207 g/mol. The molecule has 0 aromatic heterocycles. The van der Waals surface area contributed by atoms with E-state index < -0.39 is 6.09 Å². The van der Waals surface area contributed by atoms with E-state index in [4.69, 9.17) is 9.57 Å². The number of ether oxygens (including phenoxy) is 1. The Morgan fingerprint density at radius 2 is 2.07 bits per heavy atom. The van der Waals surface area contributed by atoms with Crippen molar-refractivity contribution < 1.29 is 14.4 Å². The Labute approximate surface area is 88.4 Å². The molecule has 80 valence electrons. The normalized spacial score (nSPS) is 16.1. The largest absolute Gasteiger partial charge is 0.439 e. The van der Waals surface area contributed by atoms with E-state index in [0.29, 0.717) is 18.9 Å². The molecule has 0 aliphatic carbocycles. The molecule has 1 heterocycles. The highest BCUT2D eigenvalue weighted by molar-refractivity contribution is 5.69. The van der Waals surface area contributed by atoms with Gasteiger partial charge in [0, 0.05) is 0 Å². The quantitative estimate of drug-likeness (QED) is 0.708.